The van der Waals surface area contributed by atoms with E-state index < -0.39 is 0 Å². The molecule has 0 spiro atoms. The van der Waals surface area contributed by atoms with E-state index in [1.807, 2.05) is 25.1 Å². The summed E-state index contributed by atoms with van der Waals surface area (Å²) in [6.07, 6.45) is 3.15. The summed E-state index contributed by atoms with van der Waals surface area (Å²) in [5, 5.41) is 0. The second-order valence-electron chi connectivity index (χ2n) is 5.28. The van der Waals surface area contributed by atoms with Gasteiger partial charge in [-0.1, -0.05) is 0 Å². The van der Waals surface area contributed by atoms with Gasteiger partial charge in [0.2, 0.25) is 0 Å². The van der Waals surface area contributed by atoms with Gasteiger partial charge in [0, 0.05) is 17.7 Å². The number of cyclic esters (lactones) is 1. The summed E-state index contributed by atoms with van der Waals surface area (Å²) in [5.41, 5.74) is 2.72. The number of ether oxygens (including phenoxy) is 1. The van der Waals surface area contributed by atoms with Crippen LogP contribution in [0.1, 0.15) is 42.1 Å². The van der Waals surface area contributed by atoms with Gasteiger partial charge >= 0.3 is 6.09 Å². The molecule has 1 saturated heterocycles. The highest BCUT2D eigenvalue weighted by molar-refractivity contribution is 5.99. The maximum absolute atomic E-state index is 11.9. The van der Waals surface area contributed by atoms with Gasteiger partial charge in [0.15, 0.2) is 5.78 Å². The number of anilines is 1. The Morgan fingerprint density at radius 2 is 2.00 bits per heavy atom. The van der Waals surface area contributed by atoms with Crippen molar-refractivity contribution in [3.05, 3.63) is 29.3 Å². The Balaban J connectivity index is 1.95. The van der Waals surface area contributed by atoms with E-state index in [9.17, 15) is 9.59 Å². The number of amides is 1. The lowest BCUT2D eigenvalue weighted by atomic mass is 10.0. The van der Waals surface area contributed by atoms with Gasteiger partial charge in [-0.3, -0.25) is 9.69 Å². The third-order valence-electron chi connectivity index (χ3n) is 3.76. The fourth-order valence-corrected chi connectivity index (χ4v) is 2.78. The van der Waals surface area contributed by atoms with Crippen molar-refractivity contribution in [3.8, 4) is 0 Å². The van der Waals surface area contributed by atoms with Crippen LogP contribution in [-0.4, -0.2) is 24.5 Å². The first kappa shape index (κ1) is 12.2. The van der Waals surface area contributed by atoms with Crippen molar-refractivity contribution in [2.24, 2.45) is 0 Å². The summed E-state index contributed by atoms with van der Waals surface area (Å²) in [5.74, 6) is 0.219. The number of fused-ring (bicyclic) bond motifs is 1. The largest absolute Gasteiger partial charge is 0.444 e. The summed E-state index contributed by atoms with van der Waals surface area (Å²) in [6.45, 7) is 2.45. The number of carbonyl (C=O) groups is 2. The Kier molecular flexibility index (Phi) is 3.01. The van der Waals surface area contributed by atoms with Crippen molar-refractivity contribution in [2.45, 2.75) is 38.7 Å². The van der Waals surface area contributed by atoms with Gasteiger partial charge in [-0.15, -0.1) is 0 Å². The second-order valence-corrected chi connectivity index (χ2v) is 5.28. The van der Waals surface area contributed by atoms with Crippen LogP contribution in [0.4, 0.5) is 10.5 Å². The fraction of sp³-hybridized carbons (Fsp3) is 0.467. The molecule has 0 unspecified atom stereocenters. The summed E-state index contributed by atoms with van der Waals surface area (Å²) in [4.78, 5) is 25.3. The Bertz CT molecular complexity index is 538. The van der Waals surface area contributed by atoms with Gasteiger partial charge in [-0.25, -0.2) is 4.79 Å². The summed E-state index contributed by atoms with van der Waals surface area (Å²) >= 11 is 0. The van der Waals surface area contributed by atoms with Crippen LogP contribution in [0.2, 0.25) is 0 Å². The number of hydrogen-bond acceptors (Lipinski definition) is 3. The average Bonchev–Trinajstić information content (AvgIpc) is 2.62. The van der Waals surface area contributed by atoms with Crippen LogP contribution in [-0.2, 0) is 11.2 Å². The number of carbonyl (C=O) groups excluding carboxylic acids is 2. The number of Topliss-reactive ketones (excluding diaryl/α,β-unsaturated/α-hetero) is 1. The van der Waals surface area contributed by atoms with E-state index in [-0.39, 0.29) is 18.0 Å². The van der Waals surface area contributed by atoms with E-state index in [4.69, 9.17) is 4.74 Å². The van der Waals surface area contributed by atoms with Crippen molar-refractivity contribution in [3.63, 3.8) is 0 Å². The van der Waals surface area contributed by atoms with Crippen molar-refractivity contribution in [1.82, 2.24) is 0 Å². The number of hydrogen-bond donors (Lipinski definition) is 0. The highest BCUT2D eigenvalue weighted by Crippen LogP contribution is 2.28. The number of nitrogens with zero attached hydrogens (tertiary/aromatic N) is 1. The lowest BCUT2D eigenvalue weighted by Crippen LogP contribution is -2.24. The average molecular weight is 259 g/mol. The minimum absolute atomic E-state index is 0.0760. The number of rotatable bonds is 1. The second kappa shape index (κ2) is 4.68. The van der Waals surface area contributed by atoms with Crippen LogP contribution in [0.15, 0.2) is 18.2 Å². The van der Waals surface area contributed by atoms with E-state index in [1.165, 1.54) is 0 Å². The summed E-state index contributed by atoms with van der Waals surface area (Å²) in [6, 6.07) is 5.67. The quantitative estimate of drug-likeness (QED) is 0.728. The molecule has 0 saturated carbocycles. The van der Waals surface area contributed by atoms with Crippen LogP contribution in [0.25, 0.3) is 0 Å². The molecule has 1 amide bonds. The molecule has 1 fully saturated rings. The Hall–Kier alpha value is -1.84. The van der Waals surface area contributed by atoms with E-state index in [1.54, 1.807) is 4.90 Å². The topological polar surface area (TPSA) is 46.6 Å². The molecule has 2 aliphatic rings. The lowest BCUT2D eigenvalue weighted by molar-refractivity contribution is 0.0982. The molecule has 0 bridgehead atoms. The van der Waals surface area contributed by atoms with Gasteiger partial charge < -0.3 is 4.74 Å². The summed E-state index contributed by atoms with van der Waals surface area (Å²) < 4.78 is 5.14. The molecule has 0 aromatic heterocycles. The summed E-state index contributed by atoms with van der Waals surface area (Å²) in [7, 11) is 0. The lowest BCUT2D eigenvalue weighted by Gasteiger charge is -2.15. The Labute approximate surface area is 112 Å². The van der Waals surface area contributed by atoms with Crippen molar-refractivity contribution >= 4 is 17.6 Å². The van der Waals surface area contributed by atoms with Crippen LogP contribution in [0.5, 0.6) is 0 Å². The smallest absolute Gasteiger partial charge is 0.414 e. The van der Waals surface area contributed by atoms with E-state index in [2.05, 4.69) is 0 Å². The normalized spacial score (nSPS) is 23.0. The number of benzene rings is 1. The highest BCUT2D eigenvalue weighted by atomic mass is 16.6. The van der Waals surface area contributed by atoms with Gasteiger partial charge in [0.1, 0.15) is 6.10 Å². The van der Waals surface area contributed by atoms with Crippen LogP contribution in [0.3, 0.4) is 0 Å². The van der Waals surface area contributed by atoms with Crippen molar-refractivity contribution < 1.29 is 14.3 Å². The molecular formula is C15H17NO3. The molecular weight excluding hydrogens is 242 g/mol. The van der Waals surface area contributed by atoms with Crippen molar-refractivity contribution in [2.75, 3.05) is 11.4 Å². The molecule has 19 heavy (non-hydrogen) atoms. The maximum Gasteiger partial charge on any atom is 0.414 e. The minimum Gasteiger partial charge on any atom is -0.444 e. The molecule has 4 nitrogen and oxygen atoms in total. The first-order chi connectivity index (χ1) is 9.15. The van der Waals surface area contributed by atoms with E-state index >= 15 is 0 Å². The van der Waals surface area contributed by atoms with Crippen LogP contribution >= 0.6 is 0 Å². The van der Waals surface area contributed by atoms with Crippen LogP contribution < -0.4 is 4.90 Å². The Morgan fingerprint density at radius 1 is 1.21 bits per heavy atom. The molecule has 1 aliphatic heterocycles. The predicted molar refractivity (Wildman–Crippen MR) is 71.6 cm³/mol. The molecule has 3 rings (SSSR count). The third kappa shape index (κ3) is 2.23. The van der Waals surface area contributed by atoms with Gasteiger partial charge in [0.05, 0.1) is 6.54 Å². The molecule has 1 aliphatic carbocycles. The third-order valence-corrected chi connectivity index (χ3v) is 3.76. The molecule has 1 aromatic rings. The molecule has 1 atom stereocenters. The Morgan fingerprint density at radius 3 is 2.74 bits per heavy atom. The minimum atomic E-state index is -0.299. The highest BCUT2D eigenvalue weighted by Gasteiger charge is 2.30. The number of aryl methyl sites for hydroxylation is 1. The maximum atomic E-state index is 11.9. The van der Waals surface area contributed by atoms with Crippen molar-refractivity contribution in [1.29, 1.82) is 0 Å². The zero-order valence-electron chi connectivity index (χ0n) is 11.0. The zero-order chi connectivity index (χ0) is 13.4. The molecule has 100 valence electrons. The van der Waals surface area contributed by atoms with Gasteiger partial charge in [-0.2, -0.15) is 0 Å². The molecule has 0 radical (unpaired) electrons. The SMILES string of the molecule is C[C@H]1CN(c2ccc3c(c2)CCCCC3=O)C(=O)O1. The van der Waals surface area contributed by atoms with Crippen LogP contribution in [0, 0.1) is 0 Å². The number of ketones is 1. The van der Waals surface area contributed by atoms with Gasteiger partial charge in [-0.05, 0) is 49.9 Å². The predicted octanol–water partition coefficient (Wildman–Crippen LogP) is 2.94. The van der Waals surface area contributed by atoms with E-state index in [0.29, 0.717) is 13.0 Å². The zero-order valence-corrected chi connectivity index (χ0v) is 11.0. The molecule has 4 heteroatoms. The van der Waals surface area contributed by atoms with Gasteiger partial charge in [0.25, 0.3) is 0 Å². The molecule has 0 N–H and O–H groups in total. The van der Waals surface area contributed by atoms with E-state index in [0.717, 1.165) is 36.1 Å². The first-order valence-electron chi connectivity index (χ1n) is 6.79. The molecule has 1 heterocycles. The standard InChI is InChI=1S/C15H17NO3/c1-10-9-16(15(18)19-10)12-6-7-13-11(8-12)4-2-3-5-14(13)17/h6-8,10H,2-5,9H2,1H3/t10-/m0/s1. The molecule has 1 aromatic carbocycles. The first-order valence-corrected chi connectivity index (χ1v) is 6.79. The fourth-order valence-electron chi connectivity index (χ4n) is 2.78. The monoisotopic (exact) mass is 259 g/mol.